The average molecular weight is 284 g/mol. The summed E-state index contributed by atoms with van der Waals surface area (Å²) in [6.07, 6.45) is 2.56. The van der Waals surface area contributed by atoms with Gasteiger partial charge in [-0.2, -0.15) is 0 Å². The zero-order valence-corrected chi connectivity index (χ0v) is 12.9. The van der Waals surface area contributed by atoms with Crippen LogP contribution in [0.4, 0.5) is 0 Å². The third-order valence-electron chi connectivity index (χ3n) is 4.01. The smallest absolute Gasteiger partial charge is 0.303 e. The molecule has 0 aliphatic carbocycles. The quantitative estimate of drug-likeness (QED) is 0.747. The van der Waals surface area contributed by atoms with Crippen molar-refractivity contribution in [3.8, 4) is 0 Å². The van der Waals surface area contributed by atoms with Crippen LogP contribution in [-0.4, -0.2) is 48.1 Å². The fraction of sp³-hybridized carbons (Fsp3) is 0.867. The summed E-state index contributed by atoms with van der Waals surface area (Å²) in [4.78, 5) is 25.0. The van der Waals surface area contributed by atoms with E-state index < -0.39 is 11.4 Å². The van der Waals surface area contributed by atoms with Gasteiger partial charge in [0.25, 0.3) is 0 Å². The molecule has 2 N–H and O–H groups in total. The van der Waals surface area contributed by atoms with E-state index in [0.29, 0.717) is 5.92 Å². The first kappa shape index (κ1) is 17.0. The van der Waals surface area contributed by atoms with Crippen molar-refractivity contribution in [2.45, 2.75) is 46.5 Å². The molecular formula is C15H28N2O3. The number of hydrogen-bond acceptors (Lipinski definition) is 3. The topological polar surface area (TPSA) is 69.6 Å². The third kappa shape index (κ3) is 6.37. The van der Waals surface area contributed by atoms with Gasteiger partial charge < -0.3 is 15.3 Å². The van der Waals surface area contributed by atoms with E-state index in [2.05, 4.69) is 17.1 Å². The number of carbonyl (C=O) groups is 2. The Bertz CT molecular complexity index is 334. The van der Waals surface area contributed by atoms with E-state index in [1.807, 2.05) is 13.8 Å². The lowest BCUT2D eigenvalue weighted by Crippen LogP contribution is -2.39. The fourth-order valence-corrected chi connectivity index (χ4v) is 2.73. The molecule has 1 rings (SSSR count). The van der Waals surface area contributed by atoms with Crippen LogP contribution in [0.1, 0.15) is 46.5 Å². The molecule has 0 atom stereocenters. The van der Waals surface area contributed by atoms with E-state index in [4.69, 9.17) is 5.11 Å². The number of hydrogen-bond donors (Lipinski definition) is 2. The first-order valence-electron chi connectivity index (χ1n) is 7.53. The summed E-state index contributed by atoms with van der Waals surface area (Å²) in [5, 5.41) is 11.8. The van der Waals surface area contributed by atoms with Crippen molar-refractivity contribution in [3.63, 3.8) is 0 Å². The second-order valence-electron chi connectivity index (χ2n) is 6.59. The van der Waals surface area contributed by atoms with Crippen molar-refractivity contribution in [1.29, 1.82) is 0 Å². The number of amides is 1. The molecule has 1 saturated heterocycles. The van der Waals surface area contributed by atoms with Gasteiger partial charge >= 0.3 is 5.97 Å². The highest BCUT2D eigenvalue weighted by atomic mass is 16.4. The molecule has 1 aliphatic heterocycles. The molecule has 1 amide bonds. The maximum atomic E-state index is 11.9. The van der Waals surface area contributed by atoms with Crippen molar-refractivity contribution in [2.75, 3.05) is 26.2 Å². The van der Waals surface area contributed by atoms with Gasteiger partial charge in [0.15, 0.2) is 0 Å². The van der Waals surface area contributed by atoms with Crippen molar-refractivity contribution < 1.29 is 14.7 Å². The first-order chi connectivity index (χ1) is 9.32. The molecule has 0 unspecified atom stereocenters. The summed E-state index contributed by atoms with van der Waals surface area (Å²) < 4.78 is 0. The maximum absolute atomic E-state index is 11.9. The fourth-order valence-electron chi connectivity index (χ4n) is 2.73. The van der Waals surface area contributed by atoms with Crippen LogP contribution in [0.3, 0.4) is 0 Å². The molecule has 0 saturated carbocycles. The Hall–Kier alpha value is -1.10. The van der Waals surface area contributed by atoms with Crippen LogP contribution >= 0.6 is 0 Å². The number of carbonyl (C=O) groups excluding carboxylic acids is 1. The summed E-state index contributed by atoms with van der Waals surface area (Å²) in [5.74, 6) is -0.326. The lowest BCUT2D eigenvalue weighted by atomic mass is 9.85. The minimum absolute atomic E-state index is 0.0231. The Kier molecular flexibility index (Phi) is 6.46. The standard InChI is InChI=1S/C15H28N2O3/c1-4-17-7-5-12(6-8-17)11-16-13(18)9-15(2,3)10-14(19)20/h12H,4-11H2,1-3H3,(H,16,18)(H,19,20). The van der Waals surface area contributed by atoms with Gasteiger partial charge in [-0.3, -0.25) is 9.59 Å². The van der Waals surface area contributed by atoms with Gasteiger partial charge in [-0.25, -0.2) is 0 Å². The van der Waals surface area contributed by atoms with Crippen LogP contribution in [0.25, 0.3) is 0 Å². The van der Waals surface area contributed by atoms with Gasteiger partial charge in [0.05, 0.1) is 6.42 Å². The van der Waals surface area contributed by atoms with E-state index in [0.717, 1.165) is 39.0 Å². The van der Waals surface area contributed by atoms with Gasteiger partial charge in [0, 0.05) is 13.0 Å². The normalized spacial score (nSPS) is 17.9. The minimum atomic E-state index is -0.852. The van der Waals surface area contributed by atoms with Crippen LogP contribution in [-0.2, 0) is 9.59 Å². The Balaban J connectivity index is 2.25. The zero-order chi connectivity index (χ0) is 15.2. The Labute approximate surface area is 121 Å². The molecule has 5 nitrogen and oxygen atoms in total. The lowest BCUT2D eigenvalue weighted by Gasteiger charge is -2.31. The highest BCUT2D eigenvalue weighted by Gasteiger charge is 2.26. The maximum Gasteiger partial charge on any atom is 0.303 e. The molecule has 0 aromatic rings. The number of aliphatic carboxylic acids is 1. The number of piperidine rings is 1. The van der Waals surface area contributed by atoms with Gasteiger partial charge in [-0.05, 0) is 43.8 Å². The van der Waals surface area contributed by atoms with Crippen LogP contribution in [0.5, 0.6) is 0 Å². The largest absolute Gasteiger partial charge is 0.481 e. The molecule has 0 bridgehead atoms. The van der Waals surface area contributed by atoms with Crippen molar-refractivity contribution in [1.82, 2.24) is 10.2 Å². The van der Waals surface area contributed by atoms with Crippen LogP contribution in [0.15, 0.2) is 0 Å². The molecule has 5 heteroatoms. The molecule has 0 aromatic carbocycles. The second-order valence-corrected chi connectivity index (χ2v) is 6.59. The summed E-state index contributed by atoms with van der Waals surface area (Å²) in [5.41, 5.74) is -0.485. The predicted molar refractivity (Wildman–Crippen MR) is 78.5 cm³/mol. The van der Waals surface area contributed by atoms with Gasteiger partial charge in [0.2, 0.25) is 5.91 Å². The number of nitrogens with zero attached hydrogens (tertiary/aromatic N) is 1. The van der Waals surface area contributed by atoms with Gasteiger partial charge in [-0.15, -0.1) is 0 Å². The van der Waals surface area contributed by atoms with Gasteiger partial charge in [-0.1, -0.05) is 20.8 Å². The number of carboxylic acid groups (broad SMARTS) is 1. The summed E-state index contributed by atoms with van der Waals surface area (Å²) >= 11 is 0. The average Bonchev–Trinajstić information content (AvgIpc) is 2.34. The monoisotopic (exact) mass is 284 g/mol. The highest BCUT2D eigenvalue weighted by molar-refractivity contribution is 5.77. The van der Waals surface area contributed by atoms with E-state index in [1.54, 1.807) is 0 Å². The molecule has 0 aromatic heterocycles. The van der Waals surface area contributed by atoms with Gasteiger partial charge in [0.1, 0.15) is 0 Å². The molecule has 0 spiro atoms. The Morgan fingerprint density at radius 2 is 1.85 bits per heavy atom. The zero-order valence-electron chi connectivity index (χ0n) is 12.9. The predicted octanol–water partition coefficient (Wildman–Crippen LogP) is 1.73. The van der Waals surface area contributed by atoms with Crippen LogP contribution in [0.2, 0.25) is 0 Å². The Morgan fingerprint density at radius 3 is 2.35 bits per heavy atom. The van der Waals surface area contributed by atoms with Crippen molar-refractivity contribution in [3.05, 3.63) is 0 Å². The molecule has 1 aliphatic rings. The van der Waals surface area contributed by atoms with Crippen molar-refractivity contribution in [2.24, 2.45) is 11.3 Å². The van der Waals surface area contributed by atoms with Crippen LogP contribution < -0.4 is 5.32 Å². The molecule has 1 heterocycles. The van der Waals surface area contributed by atoms with Crippen molar-refractivity contribution >= 4 is 11.9 Å². The van der Waals surface area contributed by atoms with E-state index in [-0.39, 0.29) is 18.7 Å². The number of carboxylic acids is 1. The van der Waals surface area contributed by atoms with E-state index >= 15 is 0 Å². The lowest BCUT2D eigenvalue weighted by molar-refractivity contribution is -0.139. The second kappa shape index (κ2) is 7.62. The molecular weight excluding hydrogens is 256 g/mol. The summed E-state index contributed by atoms with van der Waals surface area (Å²) in [7, 11) is 0. The summed E-state index contributed by atoms with van der Waals surface area (Å²) in [6.45, 7) is 9.86. The molecule has 116 valence electrons. The summed E-state index contributed by atoms with van der Waals surface area (Å²) in [6, 6.07) is 0. The third-order valence-corrected chi connectivity index (χ3v) is 4.01. The number of rotatable bonds is 7. The molecule has 20 heavy (non-hydrogen) atoms. The number of nitrogens with one attached hydrogen (secondary N) is 1. The Morgan fingerprint density at radius 1 is 1.25 bits per heavy atom. The highest BCUT2D eigenvalue weighted by Crippen LogP contribution is 2.25. The minimum Gasteiger partial charge on any atom is -0.481 e. The number of likely N-dealkylation sites (tertiary alicyclic amines) is 1. The SMILES string of the molecule is CCN1CCC(CNC(=O)CC(C)(C)CC(=O)O)CC1. The van der Waals surface area contributed by atoms with Crippen LogP contribution in [0, 0.1) is 11.3 Å². The molecule has 0 radical (unpaired) electrons. The molecule has 1 fully saturated rings. The van der Waals surface area contributed by atoms with E-state index in [9.17, 15) is 9.59 Å². The van der Waals surface area contributed by atoms with E-state index in [1.165, 1.54) is 0 Å². The first-order valence-corrected chi connectivity index (χ1v) is 7.53.